The smallest absolute Gasteiger partial charge is 0.331 e. The lowest BCUT2D eigenvalue weighted by Gasteiger charge is -2.71. The average Bonchev–Trinajstić information content (AvgIpc) is 2.42. The molecule has 4 aliphatic carbocycles. The molecule has 2 atom stereocenters. The first kappa shape index (κ1) is 16.5. The molecule has 0 spiro atoms. The van der Waals surface area contributed by atoms with E-state index in [0.717, 1.165) is 25.0 Å². The summed E-state index contributed by atoms with van der Waals surface area (Å²) in [5.41, 5.74) is -0.316. The van der Waals surface area contributed by atoms with E-state index >= 15 is 0 Å². The Kier molecular flexibility index (Phi) is 3.66. The Morgan fingerprint density at radius 2 is 1.65 bits per heavy atom. The number of carbonyl (C=O) groups is 2. The number of esters is 1. The highest BCUT2D eigenvalue weighted by atomic mass is 16.6. The summed E-state index contributed by atoms with van der Waals surface area (Å²) in [5.74, 6) is 0.186. The summed E-state index contributed by atoms with van der Waals surface area (Å²) in [6.45, 7) is 9.13. The Morgan fingerprint density at radius 3 is 2.13 bits per heavy atom. The van der Waals surface area contributed by atoms with Gasteiger partial charge in [-0.2, -0.15) is 0 Å². The molecule has 0 saturated heterocycles. The van der Waals surface area contributed by atoms with E-state index in [9.17, 15) is 9.59 Å². The predicted octanol–water partition coefficient (Wildman–Crippen LogP) is 3.80. The number of carboxylic acid groups (broad SMARTS) is 1. The van der Waals surface area contributed by atoms with Crippen LogP contribution in [0.25, 0.3) is 0 Å². The average molecular weight is 320 g/mol. The van der Waals surface area contributed by atoms with Crippen LogP contribution in [-0.4, -0.2) is 22.6 Å². The molecule has 0 radical (unpaired) electrons. The van der Waals surface area contributed by atoms with E-state index in [-0.39, 0.29) is 10.8 Å². The number of rotatable bonds is 4. The van der Waals surface area contributed by atoms with Gasteiger partial charge in [0, 0.05) is 17.6 Å². The van der Waals surface area contributed by atoms with Gasteiger partial charge in [0.1, 0.15) is 5.60 Å². The maximum absolute atomic E-state index is 12.2. The van der Waals surface area contributed by atoms with Crippen molar-refractivity contribution in [2.45, 2.75) is 65.4 Å². The van der Waals surface area contributed by atoms with Crippen LogP contribution in [0.15, 0.2) is 12.2 Å². The van der Waals surface area contributed by atoms with Crippen LogP contribution in [0.1, 0.15) is 59.8 Å². The molecule has 4 fully saturated rings. The second kappa shape index (κ2) is 5.09. The minimum Gasteiger partial charge on any atom is -0.478 e. The van der Waals surface area contributed by atoms with Crippen molar-refractivity contribution in [2.24, 2.45) is 28.6 Å². The van der Waals surface area contributed by atoms with Crippen molar-refractivity contribution in [1.82, 2.24) is 0 Å². The van der Waals surface area contributed by atoms with Crippen molar-refractivity contribution >= 4 is 11.9 Å². The summed E-state index contributed by atoms with van der Waals surface area (Å²) >= 11 is 0. The summed E-state index contributed by atoms with van der Waals surface area (Å²) in [6.07, 6.45) is 7.51. The number of aliphatic carboxylic acids is 1. The van der Waals surface area contributed by atoms with Gasteiger partial charge in [-0.15, -0.1) is 0 Å². The molecule has 4 saturated carbocycles. The molecule has 4 heteroatoms. The minimum absolute atomic E-state index is 0.0890. The van der Waals surface area contributed by atoms with E-state index in [1.165, 1.54) is 19.3 Å². The lowest BCUT2D eigenvalue weighted by molar-refractivity contribution is -0.276. The molecule has 4 nitrogen and oxygen atoms in total. The van der Waals surface area contributed by atoms with E-state index < -0.39 is 17.5 Å². The van der Waals surface area contributed by atoms with Crippen LogP contribution in [0.2, 0.25) is 0 Å². The molecule has 0 aromatic rings. The standard InChI is InChI=1S/C19H28O4/c1-12(2)18-8-13-7-14(9-18)11-19(10-13,17(18,3)4)23-16(22)6-5-15(20)21/h5-6,12-14H,7-11H2,1-4H3,(H,20,21). The van der Waals surface area contributed by atoms with E-state index in [1.54, 1.807) is 0 Å². The third-order valence-corrected chi connectivity index (χ3v) is 7.36. The summed E-state index contributed by atoms with van der Waals surface area (Å²) in [5, 5.41) is 8.71. The van der Waals surface area contributed by atoms with Gasteiger partial charge >= 0.3 is 11.9 Å². The number of carboxylic acids is 1. The summed E-state index contributed by atoms with van der Waals surface area (Å²) in [4.78, 5) is 22.9. The fraction of sp³-hybridized carbons (Fsp3) is 0.789. The van der Waals surface area contributed by atoms with Crippen molar-refractivity contribution in [3.63, 3.8) is 0 Å². The van der Waals surface area contributed by atoms with Gasteiger partial charge in [-0.3, -0.25) is 0 Å². The van der Waals surface area contributed by atoms with Gasteiger partial charge in [-0.25, -0.2) is 9.59 Å². The van der Waals surface area contributed by atoms with Gasteiger partial charge in [0.15, 0.2) is 0 Å². The lowest BCUT2D eigenvalue weighted by Crippen LogP contribution is -2.69. The predicted molar refractivity (Wildman–Crippen MR) is 86.7 cm³/mol. The van der Waals surface area contributed by atoms with Crippen molar-refractivity contribution < 1.29 is 19.4 Å². The molecule has 0 amide bonds. The van der Waals surface area contributed by atoms with Gasteiger partial charge in [0.2, 0.25) is 0 Å². The normalized spacial score (nSPS) is 40.7. The second-order valence-electron chi connectivity index (χ2n) is 8.81. The maximum Gasteiger partial charge on any atom is 0.331 e. The van der Waals surface area contributed by atoms with Gasteiger partial charge < -0.3 is 9.84 Å². The Morgan fingerprint density at radius 1 is 1.09 bits per heavy atom. The quantitative estimate of drug-likeness (QED) is 0.632. The van der Waals surface area contributed by atoms with E-state index in [4.69, 9.17) is 9.84 Å². The van der Waals surface area contributed by atoms with Crippen LogP contribution >= 0.6 is 0 Å². The Bertz CT molecular complexity index is 544. The van der Waals surface area contributed by atoms with Crippen LogP contribution in [0.5, 0.6) is 0 Å². The first-order chi connectivity index (χ1) is 10.6. The molecule has 4 rings (SSSR count). The molecule has 0 heterocycles. The number of ether oxygens (including phenoxy) is 1. The van der Waals surface area contributed by atoms with E-state index in [1.807, 2.05) is 0 Å². The van der Waals surface area contributed by atoms with Crippen molar-refractivity contribution in [1.29, 1.82) is 0 Å². The summed E-state index contributed by atoms with van der Waals surface area (Å²) < 4.78 is 6.00. The second-order valence-corrected chi connectivity index (χ2v) is 8.81. The van der Waals surface area contributed by atoms with Crippen LogP contribution in [0.3, 0.4) is 0 Å². The zero-order valence-corrected chi connectivity index (χ0v) is 14.6. The SMILES string of the molecule is CC(C)C12CC3CC(CC(OC(=O)C=CC(=O)O)(C3)C1(C)C)C2. The van der Waals surface area contributed by atoms with Crippen LogP contribution < -0.4 is 0 Å². The molecular formula is C19H28O4. The zero-order valence-electron chi connectivity index (χ0n) is 14.6. The molecule has 1 N–H and O–H groups in total. The molecule has 0 aromatic heterocycles. The Hall–Kier alpha value is -1.32. The highest BCUT2D eigenvalue weighted by molar-refractivity contribution is 5.91. The Balaban J connectivity index is 1.94. The minimum atomic E-state index is -1.12. The van der Waals surface area contributed by atoms with Crippen LogP contribution in [-0.2, 0) is 14.3 Å². The molecule has 2 unspecified atom stereocenters. The molecule has 23 heavy (non-hydrogen) atoms. The molecule has 0 aliphatic heterocycles. The maximum atomic E-state index is 12.2. The third-order valence-electron chi connectivity index (χ3n) is 7.36. The molecule has 4 bridgehead atoms. The van der Waals surface area contributed by atoms with Crippen LogP contribution in [0.4, 0.5) is 0 Å². The monoisotopic (exact) mass is 320 g/mol. The lowest BCUT2D eigenvalue weighted by atomic mass is 9.35. The van der Waals surface area contributed by atoms with Crippen LogP contribution in [0, 0.1) is 28.6 Å². The zero-order chi connectivity index (χ0) is 17.0. The highest BCUT2D eigenvalue weighted by Gasteiger charge is 2.70. The van der Waals surface area contributed by atoms with Crippen molar-refractivity contribution in [2.75, 3.05) is 0 Å². The molecule has 4 aliphatic rings. The number of hydrogen-bond acceptors (Lipinski definition) is 3. The first-order valence-corrected chi connectivity index (χ1v) is 8.76. The first-order valence-electron chi connectivity index (χ1n) is 8.76. The fourth-order valence-corrected chi connectivity index (χ4v) is 6.32. The summed E-state index contributed by atoms with van der Waals surface area (Å²) in [7, 11) is 0. The highest BCUT2D eigenvalue weighted by Crippen LogP contribution is 2.73. The number of hydrogen-bond donors (Lipinski definition) is 1. The largest absolute Gasteiger partial charge is 0.478 e. The van der Waals surface area contributed by atoms with Gasteiger partial charge in [-0.1, -0.05) is 27.7 Å². The number of carbonyl (C=O) groups excluding carboxylic acids is 1. The van der Waals surface area contributed by atoms with E-state index in [0.29, 0.717) is 17.8 Å². The molecule has 128 valence electrons. The Labute approximate surface area is 138 Å². The molecular weight excluding hydrogens is 292 g/mol. The van der Waals surface area contributed by atoms with Gasteiger partial charge in [-0.05, 0) is 55.3 Å². The van der Waals surface area contributed by atoms with Crippen molar-refractivity contribution in [3.8, 4) is 0 Å². The fourth-order valence-electron chi connectivity index (χ4n) is 6.32. The summed E-state index contributed by atoms with van der Waals surface area (Å²) in [6, 6.07) is 0. The topological polar surface area (TPSA) is 63.6 Å². The van der Waals surface area contributed by atoms with E-state index in [2.05, 4.69) is 27.7 Å². The third kappa shape index (κ3) is 2.25. The van der Waals surface area contributed by atoms with Crippen molar-refractivity contribution in [3.05, 3.63) is 12.2 Å². The van der Waals surface area contributed by atoms with Gasteiger partial charge in [0.25, 0.3) is 0 Å². The van der Waals surface area contributed by atoms with Gasteiger partial charge in [0.05, 0.1) is 0 Å². The molecule has 0 aromatic carbocycles.